The van der Waals surface area contributed by atoms with E-state index < -0.39 is 5.92 Å². The highest BCUT2D eigenvalue weighted by atomic mass is 19.3. The molecule has 0 bridgehead atoms. The Hall–Kier alpha value is -3.36. The number of aryl methyl sites for hydroxylation is 3. The highest BCUT2D eigenvalue weighted by Crippen LogP contribution is 2.39. The summed E-state index contributed by atoms with van der Waals surface area (Å²) in [6.45, 7) is 2.60. The minimum atomic E-state index is -2.65. The van der Waals surface area contributed by atoms with Crippen LogP contribution in [0.3, 0.4) is 0 Å². The second-order valence-corrected chi connectivity index (χ2v) is 9.15. The molecule has 6 rings (SSSR count). The Kier molecular flexibility index (Phi) is 4.50. The first kappa shape index (κ1) is 20.3. The topological polar surface area (TPSA) is 77.6 Å². The maximum absolute atomic E-state index is 13.8. The normalized spacial score (nSPS) is 18.2. The lowest BCUT2D eigenvalue weighted by Gasteiger charge is -2.28. The molecule has 9 heteroatoms. The van der Waals surface area contributed by atoms with E-state index in [9.17, 15) is 13.6 Å². The van der Waals surface area contributed by atoms with Crippen molar-refractivity contribution in [1.82, 2.24) is 24.1 Å². The van der Waals surface area contributed by atoms with Crippen LogP contribution in [0, 0.1) is 6.92 Å². The van der Waals surface area contributed by atoms with E-state index in [4.69, 9.17) is 9.97 Å². The van der Waals surface area contributed by atoms with Crippen molar-refractivity contribution in [3.8, 4) is 0 Å². The van der Waals surface area contributed by atoms with E-state index in [0.29, 0.717) is 18.1 Å². The van der Waals surface area contributed by atoms with Gasteiger partial charge in [-0.05, 0) is 56.4 Å². The molecule has 0 amide bonds. The first-order valence-corrected chi connectivity index (χ1v) is 11.4. The summed E-state index contributed by atoms with van der Waals surface area (Å²) < 4.78 is 30.9. The number of benzene rings is 1. The van der Waals surface area contributed by atoms with Gasteiger partial charge in [-0.2, -0.15) is 4.98 Å². The number of hydrogen-bond acceptors (Lipinski definition) is 5. The van der Waals surface area contributed by atoms with Crippen LogP contribution in [0.5, 0.6) is 0 Å². The number of hydrogen-bond donors (Lipinski definition) is 1. The van der Waals surface area contributed by atoms with Gasteiger partial charge < -0.3 is 5.32 Å². The summed E-state index contributed by atoms with van der Waals surface area (Å²) in [5.41, 5.74) is 4.72. The number of fused-ring (bicyclic) bond motifs is 1. The quantitative estimate of drug-likeness (QED) is 0.481. The first-order chi connectivity index (χ1) is 15.9. The molecule has 1 aliphatic carbocycles. The molecule has 0 radical (unpaired) electrons. The predicted molar refractivity (Wildman–Crippen MR) is 122 cm³/mol. The second-order valence-electron chi connectivity index (χ2n) is 9.15. The van der Waals surface area contributed by atoms with Gasteiger partial charge in [-0.25, -0.2) is 18.6 Å². The van der Waals surface area contributed by atoms with Crippen molar-refractivity contribution in [3.05, 3.63) is 52.2 Å². The molecule has 4 heterocycles. The Morgan fingerprint density at radius 3 is 2.82 bits per heavy atom. The lowest BCUT2D eigenvalue weighted by Crippen LogP contribution is -2.33. The maximum atomic E-state index is 13.8. The van der Waals surface area contributed by atoms with Gasteiger partial charge in [0.05, 0.1) is 11.2 Å². The third-order valence-corrected chi connectivity index (χ3v) is 6.92. The lowest BCUT2D eigenvalue weighted by molar-refractivity contribution is -0.0439. The third kappa shape index (κ3) is 3.37. The zero-order valence-corrected chi connectivity index (χ0v) is 18.3. The summed E-state index contributed by atoms with van der Waals surface area (Å²) in [6, 6.07) is 7.64. The van der Waals surface area contributed by atoms with E-state index in [1.165, 1.54) is 0 Å². The maximum Gasteiger partial charge on any atom is 0.330 e. The molecule has 4 aromatic rings. The van der Waals surface area contributed by atoms with Crippen LogP contribution in [0.1, 0.15) is 49.4 Å². The van der Waals surface area contributed by atoms with Crippen LogP contribution >= 0.6 is 0 Å². The highest BCUT2D eigenvalue weighted by Gasteiger charge is 2.37. The van der Waals surface area contributed by atoms with E-state index in [1.54, 1.807) is 15.3 Å². The van der Waals surface area contributed by atoms with Crippen molar-refractivity contribution in [3.63, 3.8) is 0 Å². The van der Waals surface area contributed by atoms with Crippen molar-refractivity contribution in [2.45, 2.75) is 64.0 Å². The smallest absolute Gasteiger partial charge is 0.324 e. The van der Waals surface area contributed by atoms with Crippen molar-refractivity contribution in [2.75, 3.05) is 5.32 Å². The van der Waals surface area contributed by atoms with Gasteiger partial charge >= 0.3 is 5.69 Å². The molecule has 33 heavy (non-hydrogen) atoms. The van der Waals surface area contributed by atoms with Crippen LogP contribution in [0.4, 0.5) is 20.4 Å². The molecule has 0 unspecified atom stereocenters. The fourth-order valence-corrected chi connectivity index (χ4v) is 5.18. The van der Waals surface area contributed by atoms with Gasteiger partial charge in [-0.15, -0.1) is 0 Å². The van der Waals surface area contributed by atoms with Gasteiger partial charge in [-0.1, -0.05) is 6.07 Å². The Morgan fingerprint density at radius 1 is 1.18 bits per heavy atom. The van der Waals surface area contributed by atoms with Crippen molar-refractivity contribution in [1.29, 1.82) is 0 Å². The average molecular weight is 450 g/mol. The third-order valence-electron chi connectivity index (χ3n) is 6.92. The molecular weight excluding hydrogens is 426 g/mol. The number of nitrogens with zero attached hydrogens (tertiary/aromatic N) is 5. The van der Waals surface area contributed by atoms with Gasteiger partial charge in [0, 0.05) is 42.7 Å². The molecule has 1 aromatic carbocycles. The zero-order chi connectivity index (χ0) is 22.7. The van der Waals surface area contributed by atoms with Crippen molar-refractivity contribution < 1.29 is 8.78 Å². The number of nitrogens with one attached hydrogen (secondary N) is 1. The SMILES string of the molecule is Cc1cc2ncccc2cc1Nc1nc2c3c(n1)n(C1CCC(F)(F)CC1)c(=O)n3CCC2. The fourth-order valence-electron chi connectivity index (χ4n) is 5.18. The van der Waals surface area contributed by atoms with Gasteiger partial charge in [0.15, 0.2) is 5.65 Å². The van der Waals surface area contributed by atoms with Crippen LogP contribution in [-0.4, -0.2) is 30.0 Å². The van der Waals surface area contributed by atoms with Crippen LogP contribution in [-0.2, 0) is 13.0 Å². The van der Waals surface area contributed by atoms with Gasteiger partial charge in [0.1, 0.15) is 5.52 Å². The summed E-state index contributed by atoms with van der Waals surface area (Å²) in [7, 11) is 0. The van der Waals surface area contributed by atoms with Gasteiger partial charge in [-0.3, -0.25) is 14.1 Å². The Labute approximate surface area is 188 Å². The zero-order valence-electron chi connectivity index (χ0n) is 18.3. The monoisotopic (exact) mass is 450 g/mol. The van der Waals surface area contributed by atoms with Gasteiger partial charge in [0.25, 0.3) is 0 Å². The molecule has 2 aliphatic rings. The largest absolute Gasteiger partial charge is 0.330 e. The summed E-state index contributed by atoms with van der Waals surface area (Å²) in [5.74, 6) is -2.24. The minimum Gasteiger partial charge on any atom is -0.324 e. The van der Waals surface area contributed by atoms with Crippen molar-refractivity contribution in [2.24, 2.45) is 0 Å². The fraction of sp³-hybridized carbons (Fsp3) is 0.417. The molecule has 1 aliphatic heterocycles. The number of anilines is 2. The molecular formula is C24H24F2N6O. The number of pyridine rings is 1. The van der Waals surface area contributed by atoms with E-state index in [-0.39, 0.29) is 37.4 Å². The number of aromatic nitrogens is 5. The molecule has 170 valence electrons. The Balaban J connectivity index is 1.46. The Morgan fingerprint density at radius 2 is 2.00 bits per heavy atom. The van der Waals surface area contributed by atoms with E-state index in [0.717, 1.165) is 46.2 Å². The lowest BCUT2D eigenvalue weighted by atomic mass is 9.92. The number of alkyl halides is 2. The molecule has 1 saturated carbocycles. The molecule has 0 atom stereocenters. The molecule has 0 saturated heterocycles. The molecule has 1 N–H and O–H groups in total. The molecule has 3 aromatic heterocycles. The van der Waals surface area contributed by atoms with E-state index >= 15 is 0 Å². The standard InChI is InChI=1S/C24H24F2N6O/c1-14-12-19-15(4-2-10-27-19)13-18(14)29-22-28-17-5-3-11-31-20(17)21(30-22)32(23(31)33)16-6-8-24(25,26)9-7-16/h2,4,10,12-13,16H,3,5-9,11H2,1H3,(H,28,29,30). The Bertz CT molecular complexity index is 1450. The summed E-state index contributed by atoms with van der Waals surface area (Å²) in [6.07, 6.45) is 3.46. The molecule has 1 fully saturated rings. The number of rotatable bonds is 3. The van der Waals surface area contributed by atoms with Crippen LogP contribution in [0.25, 0.3) is 22.1 Å². The molecule has 0 spiro atoms. The number of imidazole rings is 1. The summed E-state index contributed by atoms with van der Waals surface area (Å²) in [5, 5.41) is 4.33. The second kappa shape index (κ2) is 7.33. The van der Waals surface area contributed by atoms with Crippen LogP contribution in [0.2, 0.25) is 0 Å². The van der Waals surface area contributed by atoms with Crippen LogP contribution < -0.4 is 11.0 Å². The van der Waals surface area contributed by atoms with E-state index in [1.807, 2.05) is 31.2 Å². The highest BCUT2D eigenvalue weighted by molar-refractivity contribution is 5.85. The van der Waals surface area contributed by atoms with Gasteiger partial charge in [0.2, 0.25) is 11.9 Å². The van der Waals surface area contributed by atoms with Crippen LogP contribution in [0.15, 0.2) is 35.3 Å². The minimum absolute atomic E-state index is 0.166. The molecule has 7 nitrogen and oxygen atoms in total. The summed E-state index contributed by atoms with van der Waals surface area (Å²) in [4.78, 5) is 27.2. The first-order valence-electron chi connectivity index (χ1n) is 11.4. The average Bonchev–Trinajstić information content (AvgIpc) is 3.07. The summed E-state index contributed by atoms with van der Waals surface area (Å²) >= 11 is 0. The number of halogens is 2. The van der Waals surface area contributed by atoms with E-state index in [2.05, 4.69) is 10.3 Å². The van der Waals surface area contributed by atoms with Crippen molar-refractivity contribution >= 4 is 33.7 Å². The predicted octanol–water partition coefficient (Wildman–Crippen LogP) is 4.89.